The van der Waals surface area contributed by atoms with Crippen LogP contribution in [0.1, 0.15) is 118 Å². The summed E-state index contributed by atoms with van der Waals surface area (Å²) in [5, 5.41) is 67.1. The van der Waals surface area contributed by atoms with Gasteiger partial charge in [0.05, 0.1) is 49.7 Å². The fourth-order valence-corrected chi connectivity index (χ4v) is 5.66. The zero-order chi connectivity index (χ0) is 38.6. The Labute approximate surface area is 293 Å². The minimum absolute atomic E-state index is 0.131. The molecule has 16 nitrogen and oxygen atoms in total. The first kappa shape index (κ1) is 46.7. The fourth-order valence-electron chi connectivity index (χ4n) is 5.66. The van der Waals surface area contributed by atoms with Crippen LogP contribution in [0.2, 0.25) is 0 Å². The van der Waals surface area contributed by atoms with Gasteiger partial charge in [0.1, 0.15) is 18.3 Å². The molecule has 0 saturated carbocycles. The number of carbonyl (C=O) groups is 6. The minimum Gasteiger partial charge on any atom is -0.481 e. The number of carboxylic acid groups (broad SMARTS) is 4. The highest BCUT2D eigenvalue weighted by atomic mass is 16.6. The molecule has 0 heterocycles. The van der Waals surface area contributed by atoms with Gasteiger partial charge in [0.25, 0.3) is 0 Å². The maximum atomic E-state index is 13.0. The Hall–Kier alpha value is -3.34. The molecule has 0 bridgehead atoms. The highest BCUT2D eigenvalue weighted by molar-refractivity contribution is 5.83. The summed E-state index contributed by atoms with van der Waals surface area (Å²) >= 11 is 0. The van der Waals surface area contributed by atoms with Crippen molar-refractivity contribution in [1.82, 2.24) is 0 Å². The molecule has 50 heavy (non-hydrogen) atoms. The summed E-state index contributed by atoms with van der Waals surface area (Å²) in [6, 6.07) is -0.705. The van der Waals surface area contributed by atoms with Crippen LogP contribution in [0.5, 0.6) is 0 Å². The zero-order valence-corrected chi connectivity index (χ0v) is 29.6. The third kappa shape index (κ3) is 19.7. The molecule has 0 unspecified atom stereocenters. The number of hydrogen-bond acceptors (Lipinski definition) is 12. The highest BCUT2D eigenvalue weighted by Gasteiger charge is 2.37. The van der Waals surface area contributed by atoms with Gasteiger partial charge in [-0.05, 0) is 38.0 Å². The van der Waals surface area contributed by atoms with E-state index in [0.29, 0.717) is 38.5 Å². The molecular formula is C34H59NO15. The molecule has 9 N–H and O–H groups in total. The van der Waals surface area contributed by atoms with E-state index < -0.39 is 116 Å². The van der Waals surface area contributed by atoms with Crippen LogP contribution in [-0.2, 0) is 38.2 Å². The van der Waals surface area contributed by atoms with E-state index in [-0.39, 0.29) is 18.8 Å². The standard InChI is InChI=1S/C34H59NO15/c1-5-6-12-20(3)32(50-29(42)18-23(34(47)48)16-27(39)40)25(49-28(41)17-22(33(45)46)15-26(37)38)14-19(2)11-9-7-8-10-13-24(36)31(44)30(43)21(4)35/h19-25,30-32,36,43-44H,5-18,35H2,1-4H3,(H,37,38)(H,39,40)(H,45,46)(H,47,48)/t19-,20-,21-,22-,23-,24+,25-,30+,31-,32+/m0/s1. The molecular weight excluding hydrogens is 662 g/mol. The number of hydrogen-bond donors (Lipinski definition) is 8. The maximum Gasteiger partial charge on any atom is 0.307 e. The lowest BCUT2D eigenvalue weighted by Gasteiger charge is -2.33. The molecule has 0 rings (SSSR count). The van der Waals surface area contributed by atoms with Crippen molar-refractivity contribution >= 4 is 35.8 Å². The zero-order valence-electron chi connectivity index (χ0n) is 29.6. The number of esters is 2. The number of nitrogens with two attached hydrogens (primary N) is 1. The van der Waals surface area contributed by atoms with E-state index >= 15 is 0 Å². The SMILES string of the molecule is CCCC[C@H](C)[C@@H](OC(=O)C[C@H](CC(=O)O)C(=O)O)[C@H](C[C@@H](C)CCCCCC[C@@H](O)[C@H](O)[C@H](O)[C@H](C)N)OC(=O)C[C@H](CC(=O)O)C(=O)O. The van der Waals surface area contributed by atoms with Gasteiger partial charge >= 0.3 is 35.8 Å². The second-order valence-electron chi connectivity index (χ2n) is 13.5. The molecule has 0 spiro atoms. The number of aliphatic hydroxyl groups is 3. The largest absolute Gasteiger partial charge is 0.481 e. The average Bonchev–Trinajstić information content (AvgIpc) is 3.01. The Morgan fingerprint density at radius 2 is 1.10 bits per heavy atom. The highest BCUT2D eigenvalue weighted by Crippen LogP contribution is 2.29. The lowest BCUT2D eigenvalue weighted by molar-refractivity contribution is -0.177. The van der Waals surface area contributed by atoms with Crippen LogP contribution in [0.25, 0.3) is 0 Å². The van der Waals surface area contributed by atoms with Crippen molar-refractivity contribution in [2.24, 2.45) is 29.4 Å². The summed E-state index contributed by atoms with van der Waals surface area (Å²) in [7, 11) is 0. The number of aliphatic carboxylic acids is 4. The van der Waals surface area contributed by atoms with E-state index in [2.05, 4.69) is 0 Å². The number of rotatable bonds is 29. The first-order chi connectivity index (χ1) is 23.3. The molecule has 0 fully saturated rings. The van der Waals surface area contributed by atoms with Gasteiger partial charge in [-0.3, -0.25) is 28.8 Å². The number of ether oxygens (including phenoxy) is 2. The smallest absolute Gasteiger partial charge is 0.307 e. The van der Waals surface area contributed by atoms with E-state index in [0.717, 1.165) is 12.8 Å². The molecule has 0 aliphatic carbocycles. The molecule has 0 aromatic heterocycles. The van der Waals surface area contributed by atoms with Gasteiger partial charge in [-0.1, -0.05) is 65.7 Å². The van der Waals surface area contributed by atoms with Crippen LogP contribution in [-0.4, -0.2) is 108 Å². The lowest BCUT2D eigenvalue weighted by Crippen LogP contribution is -2.46. The van der Waals surface area contributed by atoms with Gasteiger partial charge in [0, 0.05) is 6.04 Å². The summed E-state index contributed by atoms with van der Waals surface area (Å²) in [5.41, 5.74) is 5.58. The van der Waals surface area contributed by atoms with Gasteiger partial charge in [-0.2, -0.15) is 0 Å². The first-order valence-electron chi connectivity index (χ1n) is 17.4. The Morgan fingerprint density at radius 3 is 1.54 bits per heavy atom. The predicted molar refractivity (Wildman–Crippen MR) is 178 cm³/mol. The Morgan fingerprint density at radius 1 is 0.620 bits per heavy atom. The van der Waals surface area contributed by atoms with Crippen LogP contribution in [0.3, 0.4) is 0 Å². The van der Waals surface area contributed by atoms with Crippen molar-refractivity contribution in [2.45, 2.75) is 154 Å². The second-order valence-corrected chi connectivity index (χ2v) is 13.5. The van der Waals surface area contributed by atoms with Crippen molar-refractivity contribution in [2.75, 3.05) is 0 Å². The lowest BCUT2D eigenvalue weighted by atomic mass is 9.87. The predicted octanol–water partition coefficient (Wildman–Crippen LogP) is 2.56. The Kier molecular flexibility index (Phi) is 23.1. The summed E-state index contributed by atoms with van der Waals surface area (Å²) in [6.07, 6.45) is -3.29. The molecule has 0 radical (unpaired) electrons. The van der Waals surface area contributed by atoms with Crippen molar-refractivity contribution in [1.29, 1.82) is 0 Å². The van der Waals surface area contributed by atoms with Crippen LogP contribution in [0.15, 0.2) is 0 Å². The summed E-state index contributed by atoms with van der Waals surface area (Å²) in [6.45, 7) is 7.10. The Bertz CT molecular complexity index is 1070. The van der Waals surface area contributed by atoms with Crippen LogP contribution in [0.4, 0.5) is 0 Å². The molecule has 0 aliphatic heterocycles. The van der Waals surface area contributed by atoms with Crippen molar-refractivity contribution in [3.63, 3.8) is 0 Å². The molecule has 10 atom stereocenters. The summed E-state index contributed by atoms with van der Waals surface area (Å²) in [5.74, 6) is -11.5. The number of carboxylic acids is 4. The third-order valence-electron chi connectivity index (χ3n) is 8.72. The summed E-state index contributed by atoms with van der Waals surface area (Å²) in [4.78, 5) is 71.6. The molecule has 0 aliphatic rings. The van der Waals surface area contributed by atoms with Crippen LogP contribution < -0.4 is 5.73 Å². The molecule has 0 saturated heterocycles. The van der Waals surface area contributed by atoms with Crippen LogP contribution >= 0.6 is 0 Å². The van der Waals surface area contributed by atoms with Crippen LogP contribution in [0, 0.1) is 23.7 Å². The molecule has 0 amide bonds. The van der Waals surface area contributed by atoms with Crippen molar-refractivity contribution in [3.8, 4) is 0 Å². The van der Waals surface area contributed by atoms with Gasteiger partial charge in [-0.25, -0.2) is 0 Å². The van der Waals surface area contributed by atoms with Gasteiger partial charge < -0.3 is 51.0 Å². The second kappa shape index (κ2) is 24.7. The first-order valence-corrected chi connectivity index (χ1v) is 17.4. The maximum absolute atomic E-state index is 13.0. The number of unbranched alkanes of at least 4 members (excludes halogenated alkanes) is 4. The molecule has 16 heteroatoms. The number of carbonyl (C=O) groups excluding carboxylic acids is 2. The minimum atomic E-state index is -1.56. The normalized spacial score (nSPS) is 17.5. The van der Waals surface area contributed by atoms with Gasteiger partial charge in [0.15, 0.2) is 0 Å². The molecule has 0 aromatic carbocycles. The number of aliphatic hydroxyl groups excluding tert-OH is 3. The average molecular weight is 722 g/mol. The Balaban J connectivity index is 5.87. The van der Waals surface area contributed by atoms with Crippen molar-refractivity contribution in [3.05, 3.63) is 0 Å². The van der Waals surface area contributed by atoms with E-state index in [1.807, 2.05) is 13.8 Å². The summed E-state index contributed by atoms with van der Waals surface area (Å²) < 4.78 is 11.5. The molecule has 290 valence electrons. The van der Waals surface area contributed by atoms with Crippen molar-refractivity contribution < 1.29 is 74.0 Å². The quantitative estimate of drug-likeness (QED) is 0.0407. The van der Waals surface area contributed by atoms with E-state index in [9.17, 15) is 54.3 Å². The van der Waals surface area contributed by atoms with E-state index in [1.165, 1.54) is 6.92 Å². The monoisotopic (exact) mass is 721 g/mol. The van der Waals surface area contributed by atoms with E-state index in [4.69, 9.17) is 25.4 Å². The van der Waals surface area contributed by atoms with Gasteiger partial charge in [0.2, 0.25) is 0 Å². The molecule has 0 aromatic rings. The third-order valence-corrected chi connectivity index (χ3v) is 8.72. The van der Waals surface area contributed by atoms with Gasteiger partial charge in [-0.15, -0.1) is 0 Å². The fraction of sp³-hybridized carbons (Fsp3) is 0.824. The van der Waals surface area contributed by atoms with E-state index in [1.54, 1.807) is 6.92 Å². The topological polar surface area (TPSA) is 289 Å².